The van der Waals surface area contributed by atoms with Crippen LogP contribution in [0.4, 0.5) is 5.69 Å². The molecule has 1 aliphatic rings. The topological polar surface area (TPSA) is 132 Å². The van der Waals surface area contributed by atoms with Crippen molar-refractivity contribution in [3.8, 4) is 28.7 Å². The van der Waals surface area contributed by atoms with Crippen LogP contribution < -0.4 is 40.1 Å². The zero-order chi connectivity index (χ0) is 20.8. The molecular weight excluding hydrogens is 414 g/mol. The second kappa shape index (κ2) is 10.3. The van der Waals surface area contributed by atoms with Gasteiger partial charge in [0.2, 0.25) is 18.5 Å². The van der Waals surface area contributed by atoms with Crippen molar-refractivity contribution in [2.45, 2.75) is 6.54 Å². The van der Waals surface area contributed by atoms with Crippen molar-refractivity contribution in [2.24, 2.45) is 10.7 Å². The molecule has 0 fully saturated rings. The van der Waals surface area contributed by atoms with Crippen LogP contribution in [-0.2, 0) is 6.54 Å². The molecule has 0 aromatic heterocycles. The predicted octanol–water partition coefficient (Wildman–Crippen LogP) is 2.12. The molecule has 0 unspecified atom stereocenters. The van der Waals surface area contributed by atoms with Crippen LogP contribution in [0.25, 0.3) is 0 Å². The van der Waals surface area contributed by atoms with Gasteiger partial charge in [-0.3, -0.25) is 10.7 Å². The lowest BCUT2D eigenvalue weighted by Gasteiger charge is -2.14. The van der Waals surface area contributed by atoms with Crippen molar-refractivity contribution in [3.05, 3.63) is 35.9 Å². The number of nitrogens with zero attached hydrogens (tertiary/aromatic N) is 1. The van der Waals surface area contributed by atoms with Gasteiger partial charge in [0.1, 0.15) is 0 Å². The number of hydrogen-bond donors (Lipinski definition) is 4. The molecule has 10 nitrogen and oxygen atoms in total. The van der Waals surface area contributed by atoms with Gasteiger partial charge in [-0.1, -0.05) is 6.07 Å². The van der Waals surface area contributed by atoms with E-state index in [9.17, 15) is 0 Å². The van der Waals surface area contributed by atoms with E-state index in [0.717, 1.165) is 5.56 Å². The smallest absolute Gasteiger partial charge is 0.231 e. The lowest BCUT2D eigenvalue weighted by molar-refractivity contribution is 0.174. The summed E-state index contributed by atoms with van der Waals surface area (Å²) < 4.78 is 26.7. The lowest BCUT2D eigenvalue weighted by atomic mass is 10.2. The van der Waals surface area contributed by atoms with Crippen LogP contribution in [0.15, 0.2) is 35.3 Å². The molecule has 5 N–H and O–H groups in total. The van der Waals surface area contributed by atoms with Crippen LogP contribution >= 0.6 is 12.4 Å². The first-order valence-corrected chi connectivity index (χ1v) is 8.66. The first kappa shape index (κ1) is 22.8. The maximum absolute atomic E-state index is 7.53. The second-order valence-corrected chi connectivity index (χ2v) is 5.92. The van der Waals surface area contributed by atoms with Gasteiger partial charge >= 0.3 is 0 Å². The van der Waals surface area contributed by atoms with E-state index in [-0.39, 0.29) is 31.1 Å². The second-order valence-electron chi connectivity index (χ2n) is 5.92. The average molecular weight is 438 g/mol. The van der Waals surface area contributed by atoms with Crippen LogP contribution in [0.5, 0.6) is 28.7 Å². The molecule has 0 spiro atoms. The largest absolute Gasteiger partial charge is 0.493 e. The molecule has 162 valence electrons. The quantitative estimate of drug-likeness (QED) is 0.399. The summed E-state index contributed by atoms with van der Waals surface area (Å²) in [7, 11) is 4.58. The Morgan fingerprint density at radius 1 is 1.07 bits per heavy atom. The van der Waals surface area contributed by atoms with Gasteiger partial charge in [-0.2, -0.15) is 0 Å². The molecule has 0 saturated heterocycles. The number of fused-ring (bicyclic) bond motifs is 1. The number of hydrogen-bond acceptors (Lipinski definition) is 7. The zero-order valence-electron chi connectivity index (χ0n) is 16.8. The Morgan fingerprint density at radius 3 is 2.33 bits per heavy atom. The Kier molecular flexibility index (Phi) is 7.82. The molecule has 0 bridgehead atoms. The van der Waals surface area contributed by atoms with E-state index in [1.807, 2.05) is 18.2 Å². The van der Waals surface area contributed by atoms with E-state index in [1.165, 1.54) is 21.3 Å². The third kappa shape index (κ3) is 5.29. The fraction of sp³-hybridized carbons (Fsp3) is 0.263. The summed E-state index contributed by atoms with van der Waals surface area (Å²) in [6.07, 6.45) is 0. The highest BCUT2D eigenvalue weighted by Crippen LogP contribution is 2.40. The molecule has 1 heterocycles. The van der Waals surface area contributed by atoms with E-state index < -0.39 is 0 Å². The summed E-state index contributed by atoms with van der Waals surface area (Å²) in [5.74, 6) is 2.81. The van der Waals surface area contributed by atoms with Crippen molar-refractivity contribution >= 4 is 30.0 Å². The molecule has 1 aliphatic heterocycles. The van der Waals surface area contributed by atoms with Crippen LogP contribution in [0.2, 0.25) is 0 Å². The number of nitrogens with two attached hydrogens (primary N) is 1. The Hall–Kier alpha value is -3.53. The van der Waals surface area contributed by atoms with Crippen molar-refractivity contribution in [3.63, 3.8) is 0 Å². The maximum Gasteiger partial charge on any atom is 0.231 e. The first-order valence-electron chi connectivity index (χ1n) is 8.66. The average Bonchev–Trinajstić information content (AvgIpc) is 3.18. The van der Waals surface area contributed by atoms with Gasteiger partial charge in [-0.05, 0) is 17.7 Å². The minimum absolute atomic E-state index is 0. The Balaban J connectivity index is 0.00000320. The Labute approximate surface area is 180 Å². The number of ether oxygens (including phenoxy) is 5. The molecule has 0 aliphatic carbocycles. The molecule has 0 radical (unpaired) electrons. The van der Waals surface area contributed by atoms with E-state index in [2.05, 4.69) is 15.6 Å². The van der Waals surface area contributed by atoms with Crippen molar-refractivity contribution in [1.29, 1.82) is 5.41 Å². The number of rotatable bonds is 6. The number of aliphatic imine (C=N–C) groups is 1. The molecule has 11 heteroatoms. The van der Waals surface area contributed by atoms with E-state index in [4.69, 9.17) is 34.8 Å². The molecule has 30 heavy (non-hydrogen) atoms. The van der Waals surface area contributed by atoms with Crippen molar-refractivity contribution in [1.82, 2.24) is 10.6 Å². The van der Waals surface area contributed by atoms with Crippen LogP contribution in [0.1, 0.15) is 5.56 Å². The number of halogens is 1. The van der Waals surface area contributed by atoms with Gasteiger partial charge in [0, 0.05) is 18.7 Å². The first-order chi connectivity index (χ1) is 14.0. The van der Waals surface area contributed by atoms with E-state index in [0.29, 0.717) is 41.0 Å². The molecule has 0 atom stereocenters. The Bertz CT molecular complexity index is 913. The third-order valence-corrected chi connectivity index (χ3v) is 4.04. The van der Waals surface area contributed by atoms with Crippen molar-refractivity contribution in [2.75, 3.05) is 28.1 Å². The summed E-state index contributed by atoms with van der Waals surface area (Å²) >= 11 is 0. The van der Waals surface area contributed by atoms with Gasteiger partial charge in [-0.15, -0.1) is 12.4 Å². The van der Waals surface area contributed by atoms with Crippen molar-refractivity contribution < 1.29 is 23.7 Å². The summed E-state index contributed by atoms with van der Waals surface area (Å²) in [6.45, 7) is 0.631. The highest BCUT2D eigenvalue weighted by atomic mass is 35.5. The number of nitrogens with one attached hydrogen (secondary N) is 3. The van der Waals surface area contributed by atoms with Gasteiger partial charge in [0.25, 0.3) is 0 Å². The molecule has 0 amide bonds. The predicted molar refractivity (Wildman–Crippen MR) is 115 cm³/mol. The normalized spacial score (nSPS) is 11.9. The summed E-state index contributed by atoms with van der Waals surface area (Å²) in [6, 6.07) is 9.00. The standard InChI is InChI=1S/C19H23N5O5.ClH/c1-25-15-7-12(8-16(26-2)17(15)27-3)23-19(24-18(20)21)22-9-11-4-5-13-14(6-11)29-10-28-13;/h4-8H,9-10H2,1-3H3,(H5,20,21,22,23,24);1H. The minimum atomic E-state index is -0.255. The SMILES string of the molecule is COc1cc(N=C(NCc2ccc3c(c2)OCO3)NC(=N)N)cc(OC)c1OC.Cl. The molecule has 3 rings (SSSR count). The van der Waals surface area contributed by atoms with E-state index >= 15 is 0 Å². The van der Waals surface area contributed by atoms with E-state index in [1.54, 1.807) is 12.1 Å². The zero-order valence-corrected chi connectivity index (χ0v) is 17.6. The monoisotopic (exact) mass is 437 g/mol. The van der Waals surface area contributed by atoms with Crippen LogP contribution in [-0.4, -0.2) is 40.0 Å². The summed E-state index contributed by atoms with van der Waals surface area (Å²) in [4.78, 5) is 4.48. The number of methoxy groups -OCH3 is 3. The molecule has 2 aromatic rings. The lowest BCUT2D eigenvalue weighted by Crippen LogP contribution is -2.43. The molecule has 2 aromatic carbocycles. The highest BCUT2D eigenvalue weighted by Gasteiger charge is 2.15. The third-order valence-electron chi connectivity index (χ3n) is 4.04. The molecular formula is C19H24ClN5O5. The summed E-state index contributed by atoms with van der Waals surface area (Å²) in [5.41, 5.74) is 6.95. The Morgan fingerprint density at radius 2 is 1.73 bits per heavy atom. The molecule has 0 saturated carbocycles. The number of guanidine groups is 2. The highest BCUT2D eigenvalue weighted by molar-refractivity contribution is 5.97. The fourth-order valence-electron chi connectivity index (χ4n) is 2.74. The summed E-state index contributed by atoms with van der Waals surface area (Å²) in [5, 5.41) is 13.3. The maximum atomic E-state index is 7.53. The van der Waals surface area contributed by atoms with Crippen LogP contribution in [0.3, 0.4) is 0 Å². The van der Waals surface area contributed by atoms with Crippen LogP contribution in [0, 0.1) is 5.41 Å². The van der Waals surface area contributed by atoms with Gasteiger partial charge in [-0.25, -0.2) is 4.99 Å². The minimum Gasteiger partial charge on any atom is -0.493 e. The fourth-order valence-corrected chi connectivity index (χ4v) is 2.74. The van der Waals surface area contributed by atoms with Gasteiger partial charge in [0.05, 0.1) is 27.0 Å². The van der Waals surface area contributed by atoms with Gasteiger partial charge in [0.15, 0.2) is 29.0 Å². The number of benzene rings is 2. The van der Waals surface area contributed by atoms with Gasteiger partial charge < -0.3 is 34.7 Å².